The van der Waals surface area contributed by atoms with Crippen molar-refractivity contribution in [3.8, 4) is 0 Å². The lowest BCUT2D eigenvalue weighted by Crippen LogP contribution is -2.20. The molecule has 0 saturated heterocycles. The number of nitrogens with two attached hydrogens (primary N) is 1. The van der Waals surface area contributed by atoms with Crippen LogP contribution in [0.3, 0.4) is 0 Å². The molecule has 0 aromatic heterocycles. The number of aryl methyl sites for hydroxylation is 2. The van der Waals surface area contributed by atoms with Crippen LogP contribution in [0, 0.1) is 6.92 Å². The molecule has 0 aliphatic rings. The molecule has 1 heteroatoms. The van der Waals surface area contributed by atoms with Crippen molar-refractivity contribution >= 4 is 0 Å². The van der Waals surface area contributed by atoms with Crippen LogP contribution in [0.1, 0.15) is 49.7 Å². The van der Waals surface area contributed by atoms with Gasteiger partial charge in [0.1, 0.15) is 0 Å². The van der Waals surface area contributed by atoms with Gasteiger partial charge in [-0.25, -0.2) is 0 Å². The summed E-state index contributed by atoms with van der Waals surface area (Å²) in [6, 6.07) is 9.09. The molecule has 0 fully saturated rings. The van der Waals surface area contributed by atoms with Crippen molar-refractivity contribution in [3.05, 3.63) is 48.0 Å². The van der Waals surface area contributed by atoms with Crippen molar-refractivity contribution in [1.82, 2.24) is 0 Å². The number of hydrogen-bond donors (Lipinski definition) is 1. The van der Waals surface area contributed by atoms with E-state index in [4.69, 9.17) is 5.73 Å². The van der Waals surface area contributed by atoms with Crippen molar-refractivity contribution in [2.75, 3.05) is 0 Å². The molecule has 1 aromatic carbocycles. The number of unbranched alkanes of at least 4 members (excludes halogenated alkanes) is 3. The molecule has 100 valence electrons. The normalized spacial score (nSPS) is 12.3. The standard InChI is InChI=1S/C17H27N/c1-3-4-5-6-7-11-17(18)13-12-16-10-8-9-15(2)14-16/h3,8-10,14,17H,1,4-7,11-13,18H2,2H3. The van der Waals surface area contributed by atoms with Gasteiger partial charge in [0.15, 0.2) is 0 Å². The fourth-order valence-electron chi connectivity index (χ4n) is 2.24. The highest BCUT2D eigenvalue weighted by Crippen LogP contribution is 2.11. The van der Waals surface area contributed by atoms with Crippen LogP contribution < -0.4 is 5.73 Å². The fraction of sp³-hybridized carbons (Fsp3) is 0.529. The second-order valence-corrected chi connectivity index (χ2v) is 5.21. The molecular formula is C17H27N. The van der Waals surface area contributed by atoms with Gasteiger partial charge < -0.3 is 5.73 Å². The minimum absolute atomic E-state index is 0.356. The minimum atomic E-state index is 0.356. The second kappa shape index (κ2) is 8.93. The second-order valence-electron chi connectivity index (χ2n) is 5.21. The summed E-state index contributed by atoms with van der Waals surface area (Å²) in [6.07, 6.45) is 10.3. The summed E-state index contributed by atoms with van der Waals surface area (Å²) in [5.41, 5.74) is 8.91. The first-order valence-electron chi connectivity index (χ1n) is 7.14. The summed E-state index contributed by atoms with van der Waals surface area (Å²) in [4.78, 5) is 0. The number of rotatable bonds is 9. The van der Waals surface area contributed by atoms with Crippen molar-refractivity contribution in [2.45, 2.75) is 57.9 Å². The van der Waals surface area contributed by atoms with E-state index in [-0.39, 0.29) is 0 Å². The lowest BCUT2D eigenvalue weighted by Gasteiger charge is -2.11. The molecular weight excluding hydrogens is 218 g/mol. The maximum atomic E-state index is 6.15. The molecule has 0 heterocycles. The van der Waals surface area contributed by atoms with Crippen LogP contribution >= 0.6 is 0 Å². The van der Waals surface area contributed by atoms with E-state index in [0.29, 0.717) is 6.04 Å². The van der Waals surface area contributed by atoms with Gasteiger partial charge in [-0.1, -0.05) is 48.7 Å². The van der Waals surface area contributed by atoms with Crippen molar-refractivity contribution in [3.63, 3.8) is 0 Å². The predicted octanol–water partition coefficient (Wildman–Crippen LogP) is 4.39. The molecule has 1 rings (SSSR count). The van der Waals surface area contributed by atoms with Crippen LogP contribution in [-0.4, -0.2) is 6.04 Å². The Morgan fingerprint density at radius 1 is 1.22 bits per heavy atom. The third-order valence-corrected chi connectivity index (χ3v) is 3.37. The van der Waals surface area contributed by atoms with E-state index in [0.717, 1.165) is 25.7 Å². The Labute approximate surface area is 112 Å². The van der Waals surface area contributed by atoms with Crippen LogP contribution in [0.5, 0.6) is 0 Å². The maximum absolute atomic E-state index is 6.15. The summed E-state index contributed by atoms with van der Waals surface area (Å²) >= 11 is 0. The average Bonchev–Trinajstić information content (AvgIpc) is 2.36. The molecule has 0 radical (unpaired) electrons. The largest absolute Gasteiger partial charge is 0.328 e. The van der Waals surface area contributed by atoms with Gasteiger partial charge in [-0.3, -0.25) is 0 Å². The Morgan fingerprint density at radius 2 is 2.06 bits per heavy atom. The smallest absolute Gasteiger partial charge is 0.00419 e. The quantitative estimate of drug-likeness (QED) is 0.507. The molecule has 0 spiro atoms. The topological polar surface area (TPSA) is 26.0 Å². The zero-order chi connectivity index (χ0) is 13.2. The van der Waals surface area contributed by atoms with E-state index in [1.54, 1.807) is 0 Å². The van der Waals surface area contributed by atoms with Crippen LogP contribution in [0.2, 0.25) is 0 Å². The third kappa shape index (κ3) is 6.61. The van der Waals surface area contributed by atoms with Crippen molar-refractivity contribution in [2.24, 2.45) is 5.73 Å². The summed E-state index contributed by atoms with van der Waals surface area (Å²) in [5, 5.41) is 0. The maximum Gasteiger partial charge on any atom is 0.00419 e. The van der Waals surface area contributed by atoms with Crippen molar-refractivity contribution in [1.29, 1.82) is 0 Å². The molecule has 0 saturated carbocycles. The molecule has 18 heavy (non-hydrogen) atoms. The van der Waals surface area contributed by atoms with Gasteiger partial charge in [0.2, 0.25) is 0 Å². The average molecular weight is 245 g/mol. The monoisotopic (exact) mass is 245 g/mol. The summed E-state index contributed by atoms with van der Waals surface area (Å²) in [6.45, 7) is 5.88. The zero-order valence-corrected chi connectivity index (χ0v) is 11.7. The number of benzene rings is 1. The minimum Gasteiger partial charge on any atom is -0.328 e. The SMILES string of the molecule is C=CCCCCCC(N)CCc1cccc(C)c1. The van der Waals surface area contributed by atoms with E-state index in [1.807, 2.05) is 6.08 Å². The van der Waals surface area contributed by atoms with Crippen LogP contribution in [0.4, 0.5) is 0 Å². The molecule has 0 aliphatic heterocycles. The Morgan fingerprint density at radius 3 is 2.78 bits per heavy atom. The highest BCUT2D eigenvalue weighted by Gasteiger charge is 2.03. The van der Waals surface area contributed by atoms with E-state index >= 15 is 0 Å². The van der Waals surface area contributed by atoms with E-state index < -0.39 is 0 Å². The first-order valence-corrected chi connectivity index (χ1v) is 7.14. The van der Waals surface area contributed by atoms with Crippen LogP contribution in [0.15, 0.2) is 36.9 Å². The molecule has 2 N–H and O–H groups in total. The third-order valence-electron chi connectivity index (χ3n) is 3.37. The van der Waals surface area contributed by atoms with E-state index in [9.17, 15) is 0 Å². The number of hydrogen-bond acceptors (Lipinski definition) is 1. The first kappa shape index (κ1) is 15.0. The first-order chi connectivity index (χ1) is 8.72. The zero-order valence-electron chi connectivity index (χ0n) is 11.7. The lowest BCUT2D eigenvalue weighted by molar-refractivity contribution is 0.524. The molecule has 1 aromatic rings. The van der Waals surface area contributed by atoms with Gasteiger partial charge in [-0.2, -0.15) is 0 Å². The lowest BCUT2D eigenvalue weighted by atomic mass is 10.00. The molecule has 0 aliphatic carbocycles. The molecule has 0 bridgehead atoms. The Kier molecular flexibility index (Phi) is 7.43. The van der Waals surface area contributed by atoms with E-state index in [1.165, 1.54) is 30.4 Å². The van der Waals surface area contributed by atoms with E-state index in [2.05, 4.69) is 37.8 Å². The van der Waals surface area contributed by atoms with Crippen molar-refractivity contribution < 1.29 is 0 Å². The summed E-state index contributed by atoms with van der Waals surface area (Å²) < 4.78 is 0. The highest BCUT2D eigenvalue weighted by atomic mass is 14.6. The Hall–Kier alpha value is -1.08. The molecule has 1 unspecified atom stereocenters. The predicted molar refractivity (Wildman–Crippen MR) is 80.8 cm³/mol. The van der Waals surface area contributed by atoms with Crippen LogP contribution in [-0.2, 0) is 6.42 Å². The Balaban J connectivity index is 2.13. The molecule has 1 atom stereocenters. The molecule has 0 amide bonds. The highest BCUT2D eigenvalue weighted by molar-refractivity contribution is 5.22. The summed E-state index contributed by atoms with van der Waals surface area (Å²) in [5.74, 6) is 0. The fourth-order valence-corrected chi connectivity index (χ4v) is 2.24. The Bertz CT molecular complexity index is 343. The van der Waals surface area contributed by atoms with Gasteiger partial charge in [0, 0.05) is 6.04 Å². The molecule has 1 nitrogen and oxygen atoms in total. The van der Waals surface area contributed by atoms with Gasteiger partial charge in [0.25, 0.3) is 0 Å². The van der Waals surface area contributed by atoms with Gasteiger partial charge in [-0.15, -0.1) is 6.58 Å². The summed E-state index contributed by atoms with van der Waals surface area (Å²) in [7, 11) is 0. The number of allylic oxidation sites excluding steroid dienone is 1. The van der Waals surface area contributed by atoms with Gasteiger partial charge in [-0.05, 0) is 44.6 Å². The van der Waals surface area contributed by atoms with Gasteiger partial charge in [0.05, 0.1) is 0 Å². The van der Waals surface area contributed by atoms with Gasteiger partial charge >= 0.3 is 0 Å². The van der Waals surface area contributed by atoms with Crippen LogP contribution in [0.25, 0.3) is 0 Å².